The highest BCUT2D eigenvalue weighted by Crippen LogP contribution is 2.19. The summed E-state index contributed by atoms with van der Waals surface area (Å²) in [4.78, 5) is 0. The first-order valence-corrected chi connectivity index (χ1v) is 6.80. The van der Waals surface area contributed by atoms with Gasteiger partial charge >= 0.3 is 0 Å². The number of hydrogen-bond acceptors (Lipinski definition) is 3. The summed E-state index contributed by atoms with van der Waals surface area (Å²) in [7, 11) is 0. The molecule has 1 aromatic heterocycles. The van der Waals surface area contributed by atoms with Crippen LogP contribution in [-0.2, 0) is 0 Å². The fraction of sp³-hybridized carbons (Fsp3) is 0.0588. The van der Waals surface area contributed by atoms with Crippen molar-refractivity contribution in [2.24, 2.45) is 0 Å². The summed E-state index contributed by atoms with van der Waals surface area (Å²) >= 11 is 0. The quantitative estimate of drug-likeness (QED) is 0.582. The monoisotopic (exact) mass is 294 g/mol. The Balaban J connectivity index is 2.17. The Labute approximate surface area is 127 Å². The van der Waals surface area contributed by atoms with E-state index in [1.54, 1.807) is 61.5 Å². The Morgan fingerprint density at radius 3 is 2.14 bits per heavy atom. The van der Waals surface area contributed by atoms with Crippen molar-refractivity contribution < 1.29 is 14.6 Å². The van der Waals surface area contributed by atoms with Gasteiger partial charge in [-0.3, -0.25) is 0 Å². The lowest BCUT2D eigenvalue weighted by molar-refractivity contribution is -0.634. The molecule has 0 atom stereocenters. The minimum atomic E-state index is 0.115. The molecule has 1 N–H and O–H groups in total. The molecule has 5 heteroatoms. The predicted octanol–water partition coefficient (Wildman–Crippen LogP) is 2.29. The van der Waals surface area contributed by atoms with E-state index in [9.17, 15) is 15.5 Å². The molecule has 0 aliphatic rings. The number of hydrogen-bond donors (Lipinski definition) is 1. The van der Waals surface area contributed by atoms with Crippen LogP contribution in [0, 0.1) is 17.3 Å². The third kappa shape index (κ3) is 2.22. The first-order valence-electron chi connectivity index (χ1n) is 6.80. The second-order valence-electron chi connectivity index (χ2n) is 4.94. The van der Waals surface area contributed by atoms with Gasteiger partial charge in [-0.15, -0.1) is 0 Å². The van der Waals surface area contributed by atoms with Crippen LogP contribution in [0.3, 0.4) is 0 Å². The molecule has 3 aromatic rings. The van der Waals surface area contributed by atoms with Crippen molar-refractivity contribution in [2.45, 2.75) is 6.92 Å². The van der Waals surface area contributed by atoms with Gasteiger partial charge in [0.15, 0.2) is 0 Å². The minimum Gasteiger partial charge on any atom is -0.618 e. The van der Waals surface area contributed by atoms with E-state index in [1.807, 2.05) is 0 Å². The van der Waals surface area contributed by atoms with Gasteiger partial charge in [-0.2, -0.15) is 9.46 Å². The van der Waals surface area contributed by atoms with E-state index in [0.29, 0.717) is 22.3 Å². The summed E-state index contributed by atoms with van der Waals surface area (Å²) in [6.45, 7) is 1.60. The Kier molecular flexibility index (Phi) is 3.39. The Morgan fingerprint density at radius 2 is 1.45 bits per heavy atom. The first-order chi connectivity index (χ1) is 10.6. The summed E-state index contributed by atoms with van der Waals surface area (Å²) in [5.74, 6) is 0.115. The van der Waals surface area contributed by atoms with Crippen LogP contribution in [0.4, 0.5) is 0 Å². The van der Waals surface area contributed by atoms with Crippen molar-refractivity contribution in [1.29, 1.82) is 0 Å². The maximum atomic E-state index is 12.5. The van der Waals surface area contributed by atoms with E-state index in [0.717, 1.165) is 9.46 Å². The molecule has 2 aromatic carbocycles. The summed E-state index contributed by atoms with van der Waals surface area (Å²) in [5.41, 5.74) is 1.76. The molecular weight excluding hydrogens is 280 g/mol. The maximum absolute atomic E-state index is 12.5. The van der Waals surface area contributed by atoms with Crippen molar-refractivity contribution in [1.82, 2.24) is 0 Å². The highest BCUT2D eigenvalue weighted by atomic mass is 16.5. The summed E-state index contributed by atoms with van der Waals surface area (Å²) in [6, 6.07) is 13.4. The number of benzene rings is 2. The lowest BCUT2D eigenvalue weighted by Crippen LogP contribution is -2.43. The number of nitrogens with zero attached hydrogens (tertiary/aromatic N) is 2. The lowest BCUT2D eigenvalue weighted by Gasteiger charge is -2.09. The molecule has 0 spiro atoms. The second kappa shape index (κ2) is 5.37. The van der Waals surface area contributed by atoms with Crippen LogP contribution >= 0.6 is 0 Å². The van der Waals surface area contributed by atoms with E-state index in [-0.39, 0.29) is 11.4 Å². The van der Waals surface area contributed by atoms with Gasteiger partial charge in [0.25, 0.3) is 22.4 Å². The third-order valence-electron chi connectivity index (χ3n) is 3.57. The molecule has 0 aliphatic heterocycles. The minimum absolute atomic E-state index is 0.115. The molecule has 0 saturated heterocycles. The van der Waals surface area contributed by atoms with E-state index in [1.165, 1.54) is 6.08 Å². The second-order valence-corrected chi connectivity index (χ2v) is 4.94. The first kappa shape index (κ1) is 13.9. The molecule has 0 amide bonds. The maximum Gasteiger partial charge on any atom is 0.290 e. The number of aromatic hydroxyl groups is 1. The summed E-state index contributed by atoms with van der Waals surface area (Å²) in [5, 5.41) is 34.5. The van der Waals surface area contributed by atoms with Crippen LogP contribution in [0.1, 0.15) is 17.0 Å². The van der Waals surface area contributed by atoms with Gasteiger partial charge in [0.2, 0.25) is 0 Å². The molecule has 0 aliphatic carbocycles. The Morgan fingerprint density at radius 1 is 0.864 bits per heavy atom. The molecule has 0 fully saturated rings. The van der Waals surface area contributed by atoms with Crippen molar-refractivity contribution in [2.75, 3.05) is 0 Å². The van der Waals surface area contributed by atoms with Crippen LogP contribution in [-0.4, -0.2) is 5.11 Å². The number of para-hydroxylation sites is 3. The van der Waals surface area contributed by atoms with Crippen LogP contribution in [0.2, 0.25) is 0 Å². The van der Waals surface area contributed by atoms with Crippen LogP contribution in [0.15, 0.2) is 48.5 Å². The molecule has 3 rings (SSSR count). The molecule has 0 saturated carbocycles. The molecule has 5 nitrogen and oxygen atoms in total. The molecule has 1 heterocycles. The zero-order chi connectivity index (χ0) is 15.7. The summed E-state index contributed by atoms with van der Waals surface area (Å²) < 4.78 is 1.48. The average molecular weight is 294 g/mol. The number of aromatic nitrogens is 2. The molecule has 0 bridgehead atoms. The zero-order valence-electron chi connectivity index (χ0n) is 11.9. The van der Waals surface area contributed by atoms with E-state index < -0.39 is 0 Å². The normalized spacial score (nSPS) is 11.3. The van der Waals surface area contributed by atoms with Crippen LogP contribution < -0.4 is 9.46 Å². The van der Waals surface area contributed by atoms with Gasteiger partial charge in [0.1, 0.15) is 5.75 Å². The molecule has 0 radical (unpaired) electrons. The molecule has 110 valence electrons. The fourth-order valence-electron chi connectivity index (χ4n) is 2.35. The average Bonchev–Trinajstić information content (AvgIpc) is 2.54. The van der Waals surface area contributed by atoms with Crippen molar-refractivity contribution in [3.05, 3.63) is 75.9 Å². The van der Waals surface area contributed by atoms with Crippen LogP contribution in [0.25, 0.3) is 23.2 Å². The van der Waals surface area contributed by atoms with E-state index in [4.69, 9.17) is 0 Å². The van der Waals surface area contributed by atoms with E-state index in [2.05, 4.69) is 0 Å². The largest absolute Gasteiger partial charge is 0.618 e. The molecular formula is C17H14N2O3. The highest BCUT2D eigenvalue weighted by molar-refractivity contribution is 5.73. The van der Waals surface area contributed by atoms with Gasteiger partial charge in [0.05, 0.1) is 0 Å². The van der Waals surface area contributed by atoms with Gasteiger partial charge < -0.3 is 15.5 Å². The fourth-order valence-corrected chi connectivity index (χ4v) is 2.35. The van der Waals surface area contributed by atoms with E-state index >= 15 is 0 Å². The number of fused-ring (bicyclic) bond motifs is 1. The number of phenols is 1. The molecule has 22 heavy (non-hydrogen) atoms. The standard InChI is InChI=1S/C17H14N2O3/c1-12-14(11-10-13-6-2-5-9-17(13)20)19(22)16-8-4-3-7-15(16)18(12)21/h2-11,20H,1H3/b11-10+. The predicted molar refractivity (Wildman–Crippen MR) is 83.6 cm³/mol. The SMILES string of the molecule is Cc1c(/C=C/c2ccccc2O)[n+]([O-])c2ccccc2[n+]1[O-]. The Bertz CT molecular complexity index is 888. The van der Waals surface area contributed by atoms with Gasteiger partial charge in [0, 0.05) is 30.7 Å². The Hall–Kier alpha value is -3.08. The lowest BCUT2D eigenvalue weighted by atomic mass is 10.1. The number of phenolic OH excluding ortho intramolecular Hbond substituents is 1. The third-order valence-corrected chi connectivity index (χ3v) is 3.57. The van der Waals surface area contributed by atoms with Crippen molar-refractivity contribution >= 4 is 23.2 Å². The summed E-state index contributed by atoms with van der Waals surface area (Å²) in [6.07, 6.45) is 3.15. The van der Waals surface area contributed by atoms with Gasteiger partial charge in [-0.25, -0.2) is 0 Å². The van der Waals surface area contributed by atoms with Gasteiger partial charge in [-0.05, 0) is 12.1 Å². The zero-order valence-corrected chi connectivity index (χ0v) is 11.9. The van der Waals surface area contributed by atoms with Crippen molar-refractivity contribution in [3.63, 3.8) is 0 Å². The topological polar surface area (TPSA) is 74.1 Å². The van der Waals surface area contributed by atoms with Crippen LogP contribution in [0.5, 0.6) is 5.75 Å². The van der Waals surface area contributed by atoms with Gasteiger partial charge in [-0.1, -0.05) is 30.3 Å². The van der Waals surface area contributed by atoms with Crippen molar-refractivity contribution in [3.8, 4) is 5.75 Å². The number of rotatable bonds is 2. The smallest absolute Gasteiger partial charge is 0.290 e. The highest BCUT2D eigenvalue weighted by Gasteiger charge is 2.22. The molecule has 0 unspecified atom stereocenters.